The number of aliphatic hydroxyl groups excluding tert-OH is 1. The molecule has 0 amide bonds. The molecule has 0 aliphatic rings. The van der Waals surface area contributed by atoms with Crippen molar-refractivity contribution in [1.82, 2.24) is 5.32 Å². The number of hydrogen-bond acceptors (Lipinski definition) is 2. The molecular formula is C12H17Cl2NO. The molecule has 16 heavy (non-hydrogen) atoms. The Balaban J connectivity index is 2.89. The topological polar surface area (TPSA) is 32.3 Å². The van der Waals surface area contributed by atoms with Gasteiger partial charge in [-0.15, -0.1) is 0 Å². The molecule has 0 heterocycles. The van der Waals surface area contributed by atoms with Crippen LogP contribution in [0.15, 0.2) is 18.2 Å². The maximum absolute atomic E-state index is 9.19. The molecule has 0 radical (unpaired) electrons. The van der Waals surface area contributed by atoms with E-state index in [2.05, 4.69) is 5.32 Å². The third-order valence-electron chi connectivity index (χ3n) is 2.45. The van der Waals surface area contributed by atoms with E-state index in [9.17, 15) is 5.11 Å². The summed E-state index contributed by atoms with van der Waals surface area (Å²) in [6, 6.07) is 5.60. The normalized spacial score (nSPS) is 13.9. The van der Waals surface area contributed by atoms with Crippen LogP contribution in [-0.4, -0.2) is 17.3 Å². The Kier molecular flexibility index (Phi) is 4.62. The summed E-state index contributed by atoms with van der Waals surface area (Å²) in [5, 5.41) is 13.6. The van der Waals surface area contributed by atoms with Crippen LogP contribution in [0.1, 0.15) is 32.4 Å². The summed E-state index contributed by atoms with van der Waals surface area (Å²) in [4.78, 5) is 0. The van der Waals surface area contributed by atoms with E-state index in [-0.39, 0.29) is 18.2 Å². The monoisotopic (exact) mass is 261 g/mol. The molecule has 2 nitrogen and oxygen atoms in total. The van der Waals surface area contributed by atoms with E-state index in [0.717, 1.165) is 5.56 Å². The average Bonchev–Trinajstić information content (AvgIpc) is 2.21. The zero-order valence-electron chi connectivity index (χ0n) is 9.72. The molecule has 1 atom stereocenters. The highest BCUT2D eigenvalue weighted by atomic mass is 35.5. The van der Waals surface area contributed by atoms with E-state index in [1.165, 1.54) is 0 Å². The first-order valence-electron chi connectivity index (χ1n) is 5.20. The summed E-state index contributed by atoms with van der Waals surface area (Å²) in [5.41, 5.74) is 0.598. The molecule has 4 heteroatoms. The van der Waals surface area contributed by atoms with Crippen molar-refractivity contribution in [3.63, 3.8) is 0 Å². The summed E-state index contributed by atoms with van der Waals surface area (Å²) >= 11 is 12.1. The van der Waals surface area contributed by atoms with Gasteiger partial charge in [0.05, 0.1) is 16.7 Å². The van der Waals surface area contributed by atoms with Gasteiger partial charge in [-0.3, -0.25) is 0 Å². The molecule has 90 valence electrons. The third-order valence-corrected chi connectivity index (χ3v) is 3.28. The van der Waals surface area contributed by atoms with Crippen LogP contribution in [0, 0.1) is 0 Å². The fourth-order valence-electron chi connectivity index (χ4n) is 1.56. The molecule has 0 saturated carbocycles. The zero-order chi connectivity index (χ0) is 12.3. The van der Waals surface area contributed by atoms with Crippen LogP contribution in [0.5, 0.6) is 0 Å². The smallest absolute Gasteiger partial charge is 0.0639 e. The second-order valence-electron chi connectivity index (χ2n) is 4.55. The lowest BCUT2D eigenvalue weighted by atomic mass is 10.0. The largest absolute Gasteiger partial charge is 0.394 e. The minimum absolute atomic E-state index is 0.0355. The van der Waals surface area contributed by atoms with Gasteiger partial charge in [0.1, 0.15) is 0 Å². The van der Waals surface area contributed by atoms with E-state index < -0.39 is 0 Å². The molecule has 0 spiro atoms. The van der Waals surface area contributed by atoms with Crippen molar-refractivity contribution in [1.29, 1.82) is 0 Å². The number of hydrogen-bond donors (Lipinski definition) is 2. The second-order valence-corrected chi connectivity index (χ2v) is 5.34. The molecule has 1 rings (SSSR count). The number of benzene rings is 1. The van der Waals surface area contributed by atoms with E-state index in [1.807, 2.05) is 32.9 Å². The molecule has 0 aliphatic carbocycles. The third kappa shape index (κ3) is 3.36. The van der Waals surface area contributed by atoms with E-state index in [0.29, 0.717) is 10.0 Å². The van der Waals surface area contributed by atoms with Crippen LogP contribution in [0.25, 0.3) is 0 Å². The highest BCUT2D eigenvalue weighted by Gasteiger charge is 2.21. The summed E-state index contributed by atoms with van der Waals surface area (Å²) in [5.74, 6) is 0. The molecular weight excluding hydrogens is 245 g/mol. The van der Waals surface area contributed by atoms with Gasteiger partial charge in [-0.05, 0) is 32.4 Å². The van der Waals surface area contributed by atoms with Crippen molar-refractivity contribution in [3.05, 3.63) is 33.8 Å². The molecule has 0 saturated heterocycles. The van der Waals surface area contributed by atoms with Crippen molar-refractivity contribution in [2.45, 2.75) is 32.4 Å². The zero-order valence-corrected chi connectivity index (χ0v) is 11.2. The molecule has 1 aromatic rings. The number of rotatable bonds is 4. The van der Waals surface area contributed by atoms with Crippen molar-refractivity contribution in [3.8, 4) is 0 Å². The van der Waals surface area contributed by atoms with Crippen LogP contribution >= 0.6 is 23.2 Å². The van der Waals surface area contributed by atoms with E-state index in [1.54, 1.807) is 6.07 Å². The standard InChI is InChI=1S/C12H17Cl2NO/c1-8(15-12(2,3)7-16)9-5-4-6-10(13)11(9)14/h4-6,8,15-16H,7H2,1-3H3. The van der Waals surface area contributed by atoms with Gasteiger partial charge in [-0.1, -0.05) is 35.3 Å². The fraction of sp³-hybridized carbons (Fsp3) is 0.500. The lowest BCUT2D eigenvalue weighted by molar-refractivity contribution is 0.178. The summed E-state index contributed by atoms with van der Waals surface area (Å²) in [6.07, 6.45) is 0. The van der Waals surface area contributed by atoms with Gasteiger partial charge < -0.3 is 10.4 Å². The molecule has 0 aromatic heterocycles. The first-order valence-corrected chi connectivity index (χ1v) is 5.95. The number of aliphatic hydroxyl groups is 1. The Hall–Kier alpha value is -0.280. The Morgan fingerprint density at radius 1 is 1.38 bits per heavy atom. The van der Waals surface area contributed by atoms with Crippen molar-refractivity contribution < 1.29 is 5.11 Å². The van der Waals surface area contributed by atoms with Gasteiger partial charge >= 0.3 is 0 Å². The second kappa shape index (κ2) is 5.37. The minimum Gasteiger partial charge on any atom is -0.394 e. The van der Waals surface area contributed by atoms with Gasteiger partial charge in [0.15, 0.2) is 0 Å². The SMILES string of the molecule is CC(NC(C)(C)CO)c1cccc(Cl)c1Cl. The maximum Gasteiger partial charge on any atom is 0.0639 e. The predicted molar refractivity (Wildman–Crippen MR) is 69.2 cm³/mol. The highest BCUT2D eigenvalue weighted by molar-refractivity contribution is 6.42. The molecule has 2 N–H and O–H groups in total. The van der Waals surface area contributed by atoms with Crippen molar-refractivity contribution >= 4 is 23.2 Å². The minimum atomic E-state index is -0.342. The summed E-state index contributed by atoms with van der Waals surface area (Å²) in [7, 11) is 0. The van der Waals surface area contributed by atoms with Gasteiger partial charge in [0, 0.05) is 11.6 Å². The van der Waals surface area contributed by atoms with Gasteiger partial charge in [0.2, 0.25) is 0 Å². The summed E-state index contributed by atoms with van der Waals surface area (Å²) in [6.45, 7) is 5.92. The Morgan fingerprint density at radius 2 is 2.00 bits per heavy atom. The van der Waals surface area contributed by atoms with Crippen molar-refractivity contribution in [2.75, 3.05) is 6.61 Å². The average molecular weight is 262 g/mol. The van der Waals surface area contributed by atoms with Crippen LogP contribution in [0.2, 0.25) is 10.0 Å². The molecule has 0 aliphatic heterocycles. The quantitative estimate of drug-likeness (QED) is 0.871. The first kappa shape index (κ1) is 13.8. The van der Waals surface area contributed by atoms with Crippen LogP contribution in [0.3, 0.4) is 0 Å². The van der Waals surface area contributed by atoms with Crippen molar-refractivity contribution in [2.24, 2.45) is 0 Å². The fourth-order valence-corrected chi connectivity index (χ4v) is 2.04. The van der Waals surface area contributed by atoms with E-state index in [4.69, 9.17) is 23.2 Å². The number of nitrogens with one attached hydrogen (secondary N) is 1. The van der Waals surface area contributed by atoms with Gasteiger partial charge in [-0.25, -0.2) is 0 Å². The first-order chi connectivity index (χ1) is 7.37. The van der Waals surface area contributed by atoms with Gasteiger partial charge in [-0.2, -0.15) is 0 Å². The van der Waals surface area contributed by atoms with Gasteiger partial charge in [0.25, 0.3) is 0 Å². The Morgan fingerprint density at radius 3 is 2.56 bits per heavy atom. The Labute approximate surface area is 107 Å². The van der Waals surface area contributed by atoms with Crippen LogP contribution < -0.4 is 5.32 Å². The molecule has 1 unspecified atom stereocenters. The van der Waals surface area contributed by atoms with Crippen LogP contribution in [0.4, 0.5) is 0 Å². The maximum atomic E-state index is 9.19. The van der Waals surface area contributed by atoms with E-state index >= 15 is 0 Å². The molecule has 1 aromatic carbocycles. The lowest BCUT2D eigenvalue weighted by Crippen LogP contribution is -2.44. The lowest BCUT2D eigenvalue weighted by Gasteiger charge is -2.29. The summed E-state index contributed by atoms with van der Waals surface area (Å²) < 4.78 is 0. The predicted octanol–water partition coefficient (Wildman–Crippen LogP) is 3.41. The highest BCUT2D eigenvalue weighted by Crippen LogP contribution is 2.30. The molecule has 0 bridgehead atoms. The number of halogens is 2. The van der Waals surface area contributed by atoms with Crippen LogP contribution in [-0.2, 0) is 0 Å². The Bertz CT molecular complexity index is 366. The molecule has 0 fully saturated rings.